The normalized spacial score (nSPS) is 10.8. The van der Waals surface area contributed by atoms with Crippen LogP contribution in [0.25, 0.3) is 16.9 Å². The van der Waals surface area contributed by atoms with Crippen molar-refractivity contribution in [1.82, 2.24) is 24.7 Å². The first-order valence-electron chi connectivity index (χ1n) is 6.94. The number of fused-ring (bicyclic) bond motifs is 1. The van der Waals surface area contributed by atoms with E-state index in [1.54, 1.807) is 17.1 Å². The van der Waals surface area contributed by atoms with E-state index in [2.05, 4.69) is 25.4 Å². The number of hydrogen-bond donors (Lipinski definition) is 1. The van der Waals surface area contributed by atoms with E-state index >= 15 is 0 Å². The number of benzene rings is 1. The van der Waals surface area contributed by atoms with Gasteiger partial charge >= 0.3 is 0 Å². The molecule has 0 saturated carbocycles. The SMILES string of the molecule is Clc1cccc(Nc2ncnc3c2cnn3-c2ccccn2)c1. The molecule has 112 valence electrons. The molecule has 3 aromatic heterocycles. The lowest BCUT2D eigenvalue weighted by Crippen LogP contribution is -2.01. The van der Waals surface area contributed by atoms with Crippen molar-refractivity contribution in [2.75, 3.05) is 5.32 Å². The Bertz CT molecular complexity index is 967. The Morgan fingerprint density at radius 3 is 2.78 bits per heavy atom. The molecule has 0 aliphatic heterocycles. The fourth-order valence-electron chi connectivity index (χ4n) is 2.29. The number of halogens is 1. The van der Waals surface area contributed by atoms with Crippen LogP contribution in [0.5, 0.6) is 0 Å². The second kappa shape index (κ2) is 5.66. The molecule has 3 heterocycles. The quantitative estimate of drug-likeness (QED) is 0.624. The molecule has 0 saturated heterocycles. The lowest BCUT2D eigenvalue weighted by Gasteiger charge is -2.07. The average Bonchev–Trinajstić information content (AvgIpc) is 3.01. The molecule has 6 nitrogen and oxygen atoms in total. The largest absolute Gasteiger partial charge is 0.339 e. The zero-order chi connectivity index (χ0) is 15.6. The summed E-state index contributed by atoms with van der Waals surface area (Å²) >= 11 is 6.02. The molecular weight excluding hydrogens is 312 g/mol. The summed E-state index contributed by atoms with van der Waals surface area (Å²) in [6.07, 6.45) is 4.93. The van der Waals surface area contributed by atoms with E-state index in [-0.39, 0.29) is 0 Å². The highest BCUT2D eigenvalue weighted by Crippen LogP contribution is 2.25. The van der Waals surface area contributed by atoms with Crippen LogP contribution in [-0.2, 0) is 0 Å². The minimum atomic E-state index is 0.657. The third-order valence-corrected chi connectivity index (χ3v) is 3.55. The summed E-state index contributed by atoms with van der Waals surface area (Å²) in [6, 6.07) is 13.1. The number of aromatic nitrogens is 5. The lowest BCUT2D eigenvalue weighted by atomic mass is 10.3. The Hall–Kier alpha value is -2.99. The molecule has 4 rings (SSSR count). The van der Waals surface area contributed by atoms with Gasteiger partial charge in [-0.2, -0.15) is 9.78 Å². The van der Waals surface area contributed by atoms with Gasteiger partial charge in [-0.1, -0.05) is 23.7 Å². The molecule has 0 fully saturated rings. The highest BCUT2D eigenvalue weighted by molar-refractivity contribution is 6.30. The Labute approximate surface area is 136 Å². The molecule has 4 aromatic rings. The van der Waals surface area contributed by atoms with Crippen LogP contribution in [0.3, 0.4) is 0 Å². The van der Waals surface area contributed by atoms with Gasteiger partial charge in [0.2, 0.25) is 0 Å². The number of nitrogens with one attached hydrogen (secondary N) is 1. The van der Waals surface area contributed by atoms with Crippen molar-refractivity contribution >= 4 is 34.1 Å². The molecule has 0 unspecified atom stereocenters. The molecule has 0 spiro atoms. The van der Waals surface area contributed by atoms with Gasteiger partial charge in [0.15, 0.2) is 11.5 Å². The predicted octanol–water partition coefficient (Wildman–Crippen LogP) is 3.61. The van der Waals surface area contributed by atoms with Crippen molar-refractivity contribution in [3.63, 3.8) is 0 Å². The summed E-state index contributed by atoms with van der Waals surface area (Å²) in [7, 11) is 0. The van der Waals surface area contributed by atoms with Crippen LogP contribution in [0.1, 0.15) is 0 Å². The van der Waals surface area contributed by atoms with Crippen molar-refractivity contribution in [3.05, 3.63) is 66.2 Å². The Kier molecular flexibility index (Phi) is 3.36. The second-order valence-corrected chi connectivity index (χ2v) is 5.28. The van der Waals surface area contributed by atoms with E-state index in [0.29, 0.717) is 22.3 Å². The highest BCUT2D eigenvalue weighted by Gasteiger charge is 2.11. The number of anilines is 2. The molecule has 1 N–H and O–H groups in total. The van der Waals surface area contributed by atoms with Gasteiger partial charge in [-0.3, -0.25) is 0 Å². The van der Waals surface area contributed by atoms with Gasteiger partial charge in [0, 0.05) is 16.9 Å². The summed E-state index contributed by atoms with van der Waals surface area (Å²) in [5, 5.41) is 9.07. The Morgan fingerprint density at radius 2 is 1.96 bits per heavy atom. The summed E-state index contributed by atoms with van der Waals surface area (Å²) in [5.41, 5.74) is 1.53. The molecule has 0 aliphatic carbocycles. The topological polar surface area (TPSA) is 68.5 Å². The minimum absolute atomic E-state index is 0.657. The van der Waals surface area contributed by atoms with E-state index in [1.165, 1.54) is 6.33 Å². The van der Waals surface area contributed by atoms with Gasteiger partial charge in [0.05, 0.1) is 11.6 Å². The first kappa shape index (κ1) is 13.7. The molecule has 1 aromatic carbocycles. The van der Waals surface area contributed by atoms with Crippen molar-refractivity contribution in [3.8, 4) is 5.82 Å². The minimum Gasteiger partial charge on any atom is -0.339 e. The van der Waals surface area contributed by atoms with Crippen LogP contribution in [-0.4, -0.2) is 24.7 Å². The van der Waals surface area contributed by atoms with Gasteiger partial charge in [-0.25, -0.2) is 15.0 Å². The Balaban J connectivity index is 1.79. The molecule has 0 radical (unpaired) electrons. The highest BCUT2D eigenvalue weighted by atomic mass is 35.5. The van der Waals surface area contributed by atoms with Crippen LogP contribution in [0, 0.1) is 0 Å². The summed E-state index contributed by atoms with van der Waals surface area (Å²) < 4.78 is 1.68. The van der Waals surface area contributed by atoms with Crippen LogP contribution in [0.15, 0.2) is 61.2 Å². The fraction of sp³-hybridized carbons (Fsp3) is 0. The molecule has 23 heavy (non-hydrogen) atoms. The lowest BCUT2D eigenvalue weighted by molar-refractivity contribution is 0.861. The summed E-state index contributed by atoms with van der Waals surface area (Å²) in [5.74, 6) is 1.37. The first-order chi connectivity index (χ1) is 11.3. The number of rotatable bonds is 3. The summed E-state index contributed by atoms with van der Waals surface area (Å²) in [4.78, 5) is 12.9. The number of pyridine rings is 1. The van der Waals surface area contributed by atoms with Crippen LogP contribution in [0.4, 0.5) is 11.5 Å². The molecule has 0 amide bonds. The Morgan fingerprint density at radius 1 is 1.00 bits per heavy atom. The van der Waals surface area contributed by atoms with E-state index in [4.69, 9.17) is 11.6 Å². The maximum Gasteiger partial charge on any atom is 0.170 e. The van der Waals surface area contributed by atoms with Crippen molar-refractivity contribution in [2.45, 2.75) is 0 Å². The monoisotopic (exact) mass is 322 g/mol. The molecule has 0 bridgehead atoms. The first-order valence-corrected chi connectivity index (χ1v) is 7.32. The molecule has 0 aliphatic rings. The molecule has 0 atom stereocenters. The third kappa shape index (κ3) is 2.60. The van der Waals surface area contributed by atoms with E-state index in [1.807, 2.05) is 42.5 Å². The maximum absolute atomic E-state index is 6.02. The van der Waals surface area contributed by atoms with E-state index in [9.17, 15) is 0 Å². The van der Waals surface area contributed by atoms with Gasteiger partial charge in [0.25, 0.3) is 0 Å². The second-order valence-electron chi connectivity index (χ2n) is 4.84. The van der Waals surface area contributed by atoms with E-state index in [0.717, 1.165) is 11.1 Å². The molecular formula is C16H11ClN6. The molecule has 7 heteroatoms. The van der Waals surface area contributed by atoms with Crippen LogP contribution < -0.4 is 5.32 Å². The van der Waals surface area contributed by atoms with Crippen molar-refractivity contribution in [2.24, 2.45) is 0 Å². The van der Waals surface area contributed by atoms with Gasteiger partial charge in [0.1, 0.15) is 12.1 Å². The number of nitrogens with zero attached hydrogens (tertiary/aromatic N) is 5. The van der Waals surface area contributed by atoms with Gasteiger partial charge in [-0.15, -0.1) is 0 Å². The fourth-order valence-corrected chi connectivity index (χ4v) is 2.48. The average molecular weight is 323 g/mol. The van der Waals surface area contributed by atoms with E-state index < -0.39 is 0 Å². The van der Waals surface area contributed by atoms with Crippen LogP contribution in [0.2, 0.25) is 5.02 Å². The number of hydrogen-bond acceptors (Lipinski definition) is 5. The standard InChI is InChI=1S/C16H11ClN6/c17-11-4-3-5-12(8-11)22-15-13-9-21-23(16(13)20-10-19-15)14-6-1-2-7-18-14/h1-10H,(H,19,20,22). The zero-order valence-electron chi connectivity index (χ0n) is 11.9. The smallest absolute Gasteiger partial charge is 0.170 e. The zero-order valence-corrected chi connectivity index (χ0v) is 12.6. The maximum atomic E-state index is 6.02. The van der Waals surface area contributed by atoms with Crippen molar-refractivity contribution in [1.29, 1.82) is 0 Å². The van der Waals surface area contributed by atoms with Crippen molar-refractivity contribution < 1.29 is 0 Å². The van der Waals surface area contributed by atoms with Crippen LogP contribution >= 0.6 is 11.6 Å². The predicted molar refractivity (Wildman–Crippen MR) is 89.2 cm³/mol. The van der Waals surface area contributed by atoms with Gasteiger partial charge in [-0.05, 0) is 30.3 Å². The van der Waals surface area contributed by atoms with Gasteiger partial charge < -0.3 is 5.32 Å². The summed E-state index contributed by atoms with van der Waals surface area (Å²) in [6.45, 7) is 0. The third-order valence-electron chi connectivity index (χ3n) is 3.32.